The molecule has 0 unspecified atom stereocenters. The molecular formula is C10H6BrClFNO. The summed E-state index contributed by atoms with van der Waals surface area (Å²) in [6.45, 7) is 0. The Morgan fingerprint density at radius 1 is 1.47 bits per heavy atom. The largest absolute Gasteiger partial charge is 0.494 e. The molecule has 0 aliphatic heterocycles. The molecule has 0 radical (unpaired) electrons. The molecule has 2 rings (SSSR count). The third-order valence-electron chi connectivity index (χ3n) is 2.03. The number of rotatable bonds is 1. The molecule has 0 amide bonds. The van der Waals surface area contributed by atoms with Gasteiger partial charge in [0.2, 0.25) is 0 Å². The van der Waals surface area contributed by atoms with Crippen LogP contribution >= 0.6 is 27.5 Å². The van der Waals surface area contributed by atoms with Gasteiger partial charge in [-0.25, -0.2) is 4.39 Å². The standard InChI is InChI=1S/C10H6BrClFNO/c1-15-9-2-5-8(3-7(9)13)14-4-6(11)10(5)12/h2-4H,1H3. The molecule has 0 aliphatic rings. The Hall–Kier alpha value is -0.870. The molecule has 78 valence electrons. The van der Waals surface area contributed by atoms with Crippen molar-refractivity contribution in [2.24, 2.45) is 0 Å². The summed E-state index contributed by atoms with van der Waals surface area (Å²) in [5, 5.41) is 1.16. The van der Waals surface area contributed by atoms with Gasteiger partial charge in [-0.2, -0.15) is 0 Å². The number of methoxy groups -OCH3 is 1. The van der Waals surface area contributed by atoms with E-state index < -0.39 is 5.82 Å². The van der Waals surface area contributed by atoms with Gasteiger partial charge in [-0.15, -0.1) is 0 Å². The molecule has 1 aromatic heterocycles. The highest BCUT2D eigenvalue weighted by atomic mass is 79.9. The molecule has 0 saturated carbocycles. The predicted molar refractivity (Wildman–Crippen MR) is 61.0 cm³/mol. The molecule has 0 spiro atoms. The summed E-state index contributed by atoms with van der Waals surface area (Å²) in [4.78, 5) is 4.05. The monoisotopic (exact) mass is 289 g/mol. The Morgan fingerprint density at radius 2 is 2.20 bits per heavy atom. The lowest BCUT2D eigenvalue weighted by molar-refractivity contribution is 0.387. The molecule has 0 fully saturated rings. The second-order valence-electron chi connectivity index (χ2n) is 2.92. The van der Waals surface area contributed by atoms with E-state index in [2.05, 4.69) is 20.9 Å². The smallest absolute Gasteiger partial charge is 0.167 e. The fourth-order valence-electron chi connectivity index (χ4n) is 1.29. The molecule has 2 aromatic rings. The van der Waals surface area contributed by atoms with Crippen LogP contribution in [0.25, 0.3) is 10.9 Å². The van der Waals surface area contributed by atoms with E-state index in [4.69, 9.17) is 16.3 Å². The first-order chi connectivity index (χ1) is 7.13. The van der Waals surface area contributed by atoms with Crippen LogP contribution in [0.3, 0.4) is 0 Å². The van der Waals surface area contributed by atoms with Crippen molar-refractivity contribution < 1.29 is 9.13 Å². The molecule has 0 N–H and O–H groups in total. The molecule has 0 saturated heterocycles. The summed E-state index contributed by atoms with van der Waals surface area (Å²) in [5.74, 6) is -0.291. The van der Waals surface area contributed by atoms with E-state index in [1.807, 2.05) is 0 Å². The van der Waals surface area contributed by atoms with Crippen molar-refractivity contribution in [1.29, 1.82) is 0 Å². The van der Waals surface area contributed by atoms with Crippen LogP contribution in [0.15, 0.2) is 22.8 Å². The minimum atomic E-state index is -0.448. The van der Waals surface area contributed by atoms with E-state index in [9.17, 15) is 4.39 Å². The number of pyridine rings is 1. The zero-order chi connectivity index (χ0) is 11.0. The lowest BCUT2D eigenvalue weighted by atomic mass is 10.2. The van der Waals surface area contributed by atoms with Gasteiger partial charge >= 0.3 is 0 Å². The third kappa shape index (κ3) is 1.79. The van der Waals surface area contributed by atoms with Crippen LogP contribution in [0, 0.1) is 5.82 Å². The average Bonchev–Trinajstić information content (AvgIpc) is 2.23. The molecule has 1 heterocycles. The van der Waals surface area contributed by atoms with Gasteiger partial charge in [0.05, 0.1) is 22.1 Å². The normalized spacial score (nSPS) is 10.7. The van der Waals surface area contributed by atoms with Crippen molar-refractivity contribution >= 4 is 38.4 Å². The van der Waals surface area contributed by atoms with Crippen LogP contribution in [-0.2, 0) is 0 Å². The van der Waals surface area contributed by atoms with Gasteiger partial charge in [-0.05, 0) is 22.0 Å². The Balaban J connectivity index is 2.82. The second-order valence-corrected chi connectivity index (χ2v) is 4.16. The molecule has 2 nitrogen and oxygen atoms in total. The highest BCUT2D eigenvalue weighted by molar-refractivity contribution is 9.10. The SMILES string of the molecule is COc1cc2c(Cl)c(Br)cnc2cc1F. The number of nitrogens with zero attached hydrogens (tertiary/aromatic N) is 1. The number of aromatic nitrogens is 1. The van der Waals surface area contributed by atoms with E-state index in [1.54, 1.807) is 0 Å². The fraction of sp³-hybridized carbons (Fsp3) is 0.100. The number of ether oxygens (including phenoxy) is 1. The maximum Gasteiger partial charge on any atom is 0.167 e. The van der Waals surface area contributed by atoms with Gasteiger partial charge < -0.3 is 4.74 Å². The summed E-state index contributed by atoms with van der Waals surface area (Å²) in [5.41, 5.74) is 0.501. The van der Waals surface area contributed by atoms with Crippen LogP contribution in [0.2, 0.25) is 5.02 Å². The molecular weight excluding hydrogens is 284 g/mol. The number of hydrogen-bond donors (Lipinski definition) is 0. The van der Waals surface area contributed by atoms with Crippen molar-refractivity contribution in [3.63, 3.8) is 0 Å². The summed E-state index contributed by atoms with van der Waals surface area (Å²) < 4.78 is 18.9. The fourth-order valence-corrected chi connectivity index (χ4v) is 1.81. The van der Waals surface area contributed by atoms with Gasteiger partial charge in [-0.3, -0.25) is 4.98 Å². The first-order valence-electron chi connectivity index (χ1n) is 4.10. The Labute approximate surface area is 99.1 Å². The Bertz CT molecular complexity index is 532. The Kier molecular flexibility index (Phi) is 2.80. The van der Waals surface area contributed by atoms with E-state index in [1.165, 1.54) is 25.4 Å². The van der Waals surface area contributed by atoms with Crippen molar-refractivity contribution in [2.45, 2.75) is 0 Å². The third-order valence-corrected chi connectivity index (χ3v) is 3.27. The number of benzene rings is 1. The van der Waals surface area contributed by atoms with Crippen molar-refractivity contribution in [2.75, 3.05) is 7.11 Å². The number of hydrogen-bond acceptors (Lipinski definition) is 2. The highest BCUT2D eigenvalue weighted by Gasteiger charge is 2.10. The number of fused-ring (bicyclic) bond motifs is 1. The van der Waals surface area contributed by atoms with Crippen molar-refractivity contribution in [3.8, 4) is 5.75 Å². The minimum Gasteiger partial charge on any atom is -0.494 e. The van der Waals surface area contributed by atoms with Crippen molar-refractivity contribution in [1.82, 2.24) is 4.98 Å². The lowest BCUT2D eigenvalue weighted by Crippen LogP contribution is -1.90. The molecule has 1 aromatic carbocycles. The second kappa shape index (κ2) is 3.94. The lowest BCUT2D eigenvalue weighted by Gasteiger charge is -2.06. The van der Waals surface area contributed by atoms with E-state index in [0.29, 0.717) is 20.4 Å². The first-order valence-corrected chi connectivity index (χ1v) is 5.28. The van der Waals surface area contributed by atoms with E-state index in [0.717, 1.165) is 0 Å². The minimum absolute atomic E-state index is 0.157. The summed E-state index contributed by atoms with van der Waals surface area (Å²) in [6.07, 6.45) is 1.54. The molecule has 0 bridgehead atoms. The van der Waals surface area contributed by atoms with Crippen LogP contribution in [0.5, 0.6) is 5.75 Å². The zero-order valence-electron chi connectivity index (χ0n) is 7.72. The van der Waals surface area contributed by atoms with Gasteiger partial charge in [-0.1, -0.05) is 11.6 Å². The zero-order valence-corrected chi connectivity index (χ0v) is 10.1. The summed E-state index contributed by atoms with van der Waals surface area (Å²) >= 11 is 9.29. The maximum absolute atomic E-state index is 13.3. The van der Waals surface area contributed by atoms with Crippen LogP contribution in [-0.4, -0.2) is 12.1 Å². The average molecular weight is 291 g/mol. The van der Waals surface area contributed by atoms with E-state index >= 15 is 0 Å². The summed E-state index contributed by atoms with van der Waals surface area (Å²) in [7, 11) is 1.41. The molecule has 0 aliphatic carbocycles. The summed E-state index contributed by atoms with van der Waals surface area (Å²) in [6, 6.07) is 2.83. The van der Waals surface area contributed by atoms with Gasteiger partial charge in [0.15, 0.2) is 11.6 Å². The molecule has 0 atom stereocenters. The van der Waals surface area contributed by atoms with Gasteiger partial charge in [0.25, 0.3) is 0 Å². The Morgan fingerprint density at radius 3 is 2.87 bits per heavy atom. The van der Waals surface area contributed by atoms with Gasteiger partial charge in [0, 0.05) is 17.6 Å². The van der Waals surface area contributed by atoms with Crippen LogP contribution < -0.4 is 4.74 Å². The van der Waals surface area contributed by atoms with Crippen molar-refractivity contribution in [3.05, 3.63) is 33.6 Å². The molecule has 15 heavy (non-hydrogen) atoms. The highest BCUT2D eigenvalue weighted by Crippen LogP contribution is 2.32. The topological polar surface area (TPSA) is 22.1 Å². The quantitative estimate of drug-likeness (QED) is 0.797. The number of halogens is 3. The van der Waals surface area contributed by atoms with E-state index in [-0.39, 0.29) is 5.75 Å². The van der Waals surface area contributed by atoms with Crippen LogP contribution in [0.1, 0.15) is 0 Å². The van der Waals surface area contributed by atoms with Gasteiger partial charge in [0.1, 0.15) is 0 Å². The molecule has 5 heteroatoms. The predicted octanol–water partition coefficient (Wildman–Crippen LogP) is 3.80. The van der Waals surface area contributed by atoms with Crippen LogP contribution in [0.4, 0.5) is 4.39 Å². The first kappa shape index (κ1) is 10.6. The maximum atomic E-state index is 13.3.